The van der Waals surface area contributed by atoms with Gasteiger partial charge in [-0.2, -0.15) is 13.2 Å². The van der Waals surface area contributed by atoms with Crippen molar-refractivity contribution in [3.05, 3.63) is 99.6 Å². The van der Waals surface area contributed by atoms with Gasteiger partial charge in [0.1, 0.15) is 0 Å². The van der Waals surface area contributed by atoms with Crippen molar-refractivity contribution in [2.24, 2.45) is 0 Å². The Labute approximate surface area is 203 Å². The van der Waals surface area contributed by atoms with Crippen molar-refractivity contribution in [2.75, 3.05) is 18.9 Å². The van der Waals surface area contributed by atoms with Gasteiger partial charge in [-0.3, -0.25) is 4.79 Å². The van der Waals surface area contributed by atoms with Crippen molar-refractivity contribution in [1.29, 1.82) is 0 Å². The van der Waals surface area contributed by atoms with Gasteiger partial charge in [0.05, 0.1) is 11.1 Å². The van der Waals surface area contributed by atoms with Gasteiger partial charge in [0.25, 0.3) is 5.91 Å². The maximum Gasteiger partial charge on any atom is 0.416 e. The maximum absolute atomic E-state index is 13.6. The third-order valence-electron chi connectivity index (χ3n) is 5.71. The zero-order valence-corrected chi connectivity index (χ0v) is 20.2. The summed E-state index contributed by atoms with van der Waals surface area (Å²) in [6, 6.07) is 18.3. The second kappa shape index (κ2) is 11.0. The first kappa shape index (κ1) is 25.6. The summed E-state index contributed by atoms with van der Waals surface area (Å²) in [7, 11) is 1.72. The van der Waals surface area contributed by atoms with E-state index in [-0.39, 0.29) is 18.9 Å². The lowest BCUT2D eigenvalue weighted by Gasteiger charge is -2.25. The second-order valence-electron chi connectivity index (χ2n) is 8.51. The molecule has 180 valence electrons. The Morgan fingerprint density at radius 1 is 1.00 bits per heavy atom. The van der Waals surface area contributed by atoms with Gasteiger partial charge in [0, 0.05) is 30.8 Å². The van der Waals surface area contributed by atoms with Crippen LogP contribution in [-0.2, 0) is 19.1 Å². The molecule has 0 unspecified atom stereocenters. The molecule has 0 aliphatic heterocycles. The van der Waals surface area contributed by atoms with Gasteiger partial charge < -0.3 is 10.2 Å². The molecular weight excluding hydrogens is 461 g/mol. The molecule has 0 atom stereocenters. The van der Waals surface area contributed by atoms with Crippen molar-refractivity contribution < 1.29 is 18.0 Å². The summed E-state index contributed by atoms with van der Waals surface area (Å²) < 4.78 is 39.4. The number of hydrogen-bond acceptors (Lipinski definition) is 2. The minimum absolute atomic E-state index is 0.244. The van der Waals surface area contributed by atoms with Crippen LogP contribution >= 0.6 is 11.6 Å². The summed E-state index contributed by atoms with van der Waals surface area (Å²) in [4.78, 5) is 15.2. The Morgan fingerprint density at radius 2 is 1.71 bits per heavy atom. The van der Waals surface area contributed by atoms with E-state index in [1.54, 1.807) is 36.2 Å². The first-order valence-corrected chi connectivity index (χ1v) is 11.5. The van der Waals surface area contributed by atoms with Gasteiger partial charge in [0.2, 0.25) is 0 Å². The van der Waals surface area contributed by atoms with Crippen LogP contribution in [0.3, 0.4) is 0 Å². The largest absolute Gasteiger partial charge is 0.416 e. The molecule has 0 heterocycles. The van der Waals surface area contributed by atoms with Crippen LogP contribution in [0.2, 0.25) is 5.02 Å². The Balaban J connectivity index is 1.89. The van der Waals surface area contributed by atoms with E-state index in [4.69, 9.17) is 11.6 Å². The first-order valence-electron chi connectivity index (χ1n) is 11.1. The Bertz CT molecular complexity index is 1130. The summed E-state index contributed by atoms with van der Waals surface area (Å²) in [6.07, 6.45) is -4.12. The van der Waals surface area contributed by atoms with Crippen LogP contribution in [0.25, 0.3) is 0 Å². The van der Waals surface area contributed by atoms with Gasteiger partial charge in [-0.1, -0.05) is 67.9 Å². The number of halogens is 4. The lowest BCUT2D eigenvalue weighted by molar-refractivity contribution is -0.137. The SMILES string of the molecule is CNc1ccc(Cl)cc1C(=O)N(CCc1cccc(C(F)(F)F)c1)Cc1ccc(C(C)C)cc1. The van der Waals surface area contributed by atoms with Gasteiger partial charge in [0.15, 0.2) is 0 Å². The van der Waals surface area contributed by atoms with Crippen LogP contribution in [0.15, 0.2) is 66.7 Å². The van der Waals surface area contributed by atoms with E-state index < -0.39 is 11.7 Å². The number of hydrogen-bond donors (Lipinski definition) is 1. The van der Waals surface area contributed by atoms with Crippen LogP contribution in [0, 0.1) is 0 Å². The number of rotatable bonds is 8. The molecule has 0 saturated heterocycles. The minimum atomic E-state index is -4.41. The molecule has 3 aromatic rings. The topological polar surface area (TPSA) is 32.3 Å². The zero-order chi connectivity index (χ0) is 24.9. The number of amides is 1. The molecule has 0 bridgehead atoms. The molecule has 3 nitrogen and oxygen atoms in total. The monoisotopic (exact) mass is 488 g/mol. The van der Waals surface area contributed by atoms with E-state index in [0.29, 0.717) is 34.3 Å². The quantitative estimate of drug-likeness (QED) is 0.358. The lowest BCUT2D eigenvalue weighted by Crippen LogP contribution is -2.33. The third kappa shape index (κ3) is 6.54. The molecule has 0 aliphatic rings. The van der Waals surface area contributed by atoms with Crippen molar-refractivity contribution in [3.8, 4) is 0 Å². The molecular formula is C27H28ClF3N2O. The number of benzene rings is 3. The van der Waals surface area contributed by atoms with E-state index in [1.807, 2.05) is 24.3 Å². The van der Waals surface area contributed by atoms with Gasteiger partial charge >= 0.3 is 6.18 Å². The molecule has 1 N–H and O–H groups in total. The van der Waals surface area contributed by atoms with Crippen molar-refractivity contribution in [2.45, 2.75) is 38.9 Å². The van der Waals surface area contributed by atoms with Crippen molar-refractivity contribution >= 4 is 23.2 Å². The fourth-order valence-electron chi connectivity index (χ4n) is 3.73. The third-order valence-corrected chi connectivity index (χ3v) is 5.95. The molecule has 0 aliphatic carbocycles. The highest BCUT2D eigenvalue weighted by Crippen LogP contribution is 2.30. The summed E-state index contributed by atoms with van der Waals surface area (Å²) in [6.45, 7) is 4.80. The lowest BCUT2D eigenvalue weighted by atomic mass is 10.0. The fraction of sp³-hybridized carbons (Fsp3) is 0.296. The molecule has 0 aromatic heterocycles. The number of carbonyl (C=O) groups is 1. The molecule has 3 rings (SSSR count). The van der Waals surface area contributed by atoms with Crippen LogP contribution < -0.4 is 5.32 Å². The van der Waals surface area contributed by atoms with E-state index in [1.165, 1.54) is 11.6 Å². The number of nitrogens with one attached hydrogen (secondary N) is 1. The van der Waals surface area contributed by atoms with E-state index >= 15 is 0 Å². The smallest absolute Gasteiger partial charge is 0.387 e. The Kier molecular flexibility index (Phi) is 8.26. The van der Waals surface area contributed by atoms with Gasteiger partial charge in [-0.15, -0.1) is 0 Å². The molecule has 0 saturated carbocycles. The van der Waals surface area contributed by atoms with E-state index in [2.05, 4.69) is 19.2 Å². The first-order chi connectivity index (χ1) is 16.1. The molecule has 7 heteroatoms. The average Bonchev–Trinajstić information content (AvgIpc) is 2.81. The second-order valence-corrected chi connectivity index (χ2v) is 8.95. The highest BCUT2D eigenvalue weighted by atomic mass is 35.5. The predicted octanol–water partition coefficient (Wildman–Crippen LogP) is 7.41. The average molecular weight is 489 g/mol. The van der Waals surface area contributed by atoms with Crippen molar-refractivity contribution in [1.82, 2.24) is 4.90 Å². The highest BCUT2D eigenvalue weighted by Gasteiger charge is 2.30. The molecule has 0 fully saturated rings. The molecule has 0 spiro atoms. The minimum Gasteiger partial charge on any atom is -0.387 e. The maximum atomic E-state index is 13.6. The Hall–Kier alpha value is -2.99. The molecule has 0 radical (unpaired) electrons. The zero-order valence-electron chi connectivity index (χ0n) is 19.4. The van der Waals surface area contributed by atoms with E-state index in [0.717, 1.165) is 17.7 Å². The van der Waals surface area contributed by atoms with E-state index in [9.17, 15) is 18.0 Å². The summed E-state index contributed by atoms with van der Waals surface area (Å²) >= 11 is 6.16. The molecule has 34 heavy (non-hydrogen) atoms. The van der Waals surface area contributed by atoms with Gasteiger partial charge in [-0.25, -0.2) is 0 Å². The number of carbonyl (C=O) groups excluding carboxylic acids is 1. The summed E-state index contributed by atoms with van der Waals surface area (Å²) in [5.41, 5.74) is 3.00. The number of alkyl halides is 3. The summed E-state index contributed by atoms with van der Waals surface area (Å²) in [5, 5.41) is 3.44. The van der Waals surface area contributed by atoms with Crippen LogP contribution in [-0.4, -0.2) is 24.4 Å². The predicted molar refractivity (Wildman–Crippen MR) is 131 cm³/mol. The van der Waals surface area contributed by atoms with Crippen LogP contribution in [0.5, 0.6) is 0 Å². The van der Waals surface area contributed by atoms with Crippen LogP contribution in [0.1, 0.15) is 52.4 Å². The molecule has 3 aromatic carbocycles. The van der Waals surface area contributed by atoms with Crippen LogP contribution in [0.4, 0.5) is 18.9 Å². The van der Waals surface area contributed by atoms with Gasteiger partial charge in [-0.05, 0) is 53.3 Å². The summed E-state index contributed by atoms with van der Waals surface area (Å²) in [5.74, 6) is 0.143. The van der Waals surface area contributed by atoms with Crippen molar-refractivity contribution in [3.63, 3.8) is 0 Å². The molecule has 1 amide bonds. The standard InChI is InChI=1S/C27H28ClF3N2O/c1-18(2)21-9-7-20(8-10-21)17-33(26(34)24-16-23(28)11-12-25(24)32-3)14-13-19-5-4-6-22(15-19)27(29,30)31/h4-12,15-16,18,32H,13-14,17H2,1-3H3. The normalized spacial score (nSPS) is 11.5. The highest BCUT2D eigenvalue weighted by molar-refractivity contribution is 6.31. The fourth-order valence-corrected chi connectivity index (χ4v) is 3.90. The number of anilines is 1. The Morgan fingerprint density at radius 3 is 2.32 bits per heavy atom. The number of nitrogens with zero attached hydrogens (tertiary/aromatic N) is 1.